The van der Waals surface area contributed by atoms with Gasteiger partial charge in [-0.25, -0.2) is 23.1 Å². The Balaban J connectivity index is 2.93. The molecule has 0 radical (unpaired) electrons. The van der Waals surface area contributed by atoms with E-state index in [1.54, 1.807) is 0 Å². The normalized spacial score (nSPS) is 12.7. The van der Waals surface area contributed by atoms with Gasteiger partial charge < -0.3 is 0 Å². The zero-order chi connectivity index (χ0) is 13.1. The lowest BCUT2D eigenvalue weighted by atomic mass is 10.0. The van der Waals surface area contributed by atoms with Crippen molar-refractivity contribution in [3.63, 3.8) is 0 Å². The molecule has 0 aliphatic carbocycles. The summed E-state index contributed by atoms with van der Waals surface area (Å²) >= 11 is 5.51. The van der Waals surface area contributed by atoms with Crippen molar-refractivity contribution in [1.82, 2.24) is 14.7 Å². The fraction of sp³-hybridized carbons (Fsp3) is 0.600. The summed E-state index contributed by atoms with van der Waals surface area (Å²) in [5.41, 5.74) is -0.493. The van der Waals surface area contributed by atoms with Gasteiger partial charge in [-0.1, -0.05) is 13.3 Å². The molecule has 0 fully saturated rings. The molecule has 1 rings (SSSR count). The van der Waals surface area contributed by atoms with Crippen molar-refractivity contribution in [2.75, 3.05) is 0 Å². The van der Waals surface area contributed by atoms with E-state index in [9.17, 15) is 8.42 Å². The first-order valence-electron chi connectivity index (χ1n) is 5.28. The molecular weight excluding hydrogens is 262 g/mol. The Morgan fingerprint density at radius 3 is 2.35 bits per heavy atom. The molecule has 0 aromatic carbocycles. The van der Waals surface area contributed by atoms with Crippen molar-refractivity contribution in [3.05, 3.63) is 17.7 Å². The van der Waals surface area contributed by atoms with E-state index in [-0.39, 0.29) is 10.2 Å². The first-order valence-corrected chi connectivity index (χ1v) is 7.14. The Labute approximate surface area is 107 Å². The van der Waals surface area contributed by atoms with Crippen molar-refractivity contribution in [1.29, 1.82) is 0 Å². The second-order valence-corrected chi connectivity index (χ2v) is 6.45. The molecule has 0 spiro atoms. The van der Waals surface area contributed by atoms with E-state index in [1.165, 1.54) is 12.4 Å². The summed E-state index contributed by atoms with van der Waals surface area (Å²) in [5.74, 6) is 0. The predicted molar refractivity (Wildman–Crippen MR) is 66.4 cm³/mol. The summed E-state index contributed by atoms with van der Waals surface area (Å²) in [4.78, 5) is 7.33. The van der Waals surface area contributed by atoms with Gasteiger partial charge in [-0.15, -0.1) is 0 Å². The number of hydrogen-bond acceptors (Lipinski definition) is 4. The first kappa shape index (κ1) is 14.3. The highest BCUT2D eigenvalue weighted by molar-refractivity contribution is 7.89. The van der Waals surface area contributed by atoms with Crippen LogP contribution in [0.4, 0.5) is 0 Å². The molecule has 0 aliphatic heterocycles. The molecule has 0 saturated heterocycles. The number of halogens is 1. The van der Waals surface area contributed by atoms with Gasteiger partial charge in [0.2, 0.25) is 15.3 Å². The summed E-state index contributed by atoms with van der Waals surface area (Å²) in [6.07, 6.45) is 4.03. The Morgan fingerprint density at radius 1 is 1.35 bits per heavy atom. The van der Waals surface area contributed by atoms with Crippen molar-refractivity contribution in [3.8, 4) is 0 Å². The van der Waals surface area contributed by atoms with E-state index in [0.29, 0.717) is 0 Å². The molecule has 1 aromatic heterocycles. The molecule has 0 unspecified atom stereocenters. The van der Waals surface area contributed by atoms with Crippen LogP contribution in [0.1, 0.15) is 33.6 Å². The SMILES string of the molecule is CCCC(C)(C)NS(=O)(=O)c1cnc(Cl)nc1. The van der Waals surface area contributed by atoms with E-state index < -0.39 is 15.6 Å². The van der Waals surface area contributed by atoms with Crippen LogP contribution < -0.4 is 4.72 Å². The number of sulfonamides is 1. The van der Waals surface area contributed by atoms with Gasteiger partial charge in [0.05, 0.1) is 12.4 Å². The third-order valence-corrected chi connectivity index (χ3v) is 4.04. The van der Waals surface area contributed by atoms with Gasteiger partial charge in [0, 0.05) is 5.54 Å². The summed E-state index contributed by atoms with van der Waals surface area (Å²) in [7, 11) is -3.59. The minimum absolute atomic E-state index is 0.0195. The summed E-state index contributed by atoms with van der Waals surface area (Å²) in [6.45, 7) is 5.68. The highest BCUT2D eigenvalue weighted by Crippen LogP contribution is 2.16. The molecule has 0 amide bonds. The lowest BCUT2D eigenvalue weighted by Gasteiger charge is -2.25. The molecule has 0 aliphatic rings. The van der Waals surface area contributed by atoms with E-state index in [0.717, 1.165) is 12.8 Å². The standard InChI is InChI=1S/C10H16ClN3O2S/c1-4-5-10(2,3)14-17(15,16)8-6-12-9(11)13-7-8/h6-7,14H,4-5H2,1-3H3. The Hall–Kier alpha value is -0.720. The Morgan fingerprint density at radius 2 is 1.88 bits per heavy atom. The number of aromatic nitrogens is 2. The fourth-order valence-corrected chi connectivity index (χ4v) is 2.97. The van der Waals surface area contributed by atoms with Crippen LogP contribution in [0.2, 0.25) is 5.28 Å². The van der Waals surface area contributed by atoms with E-state index in [2.05, 4.69) is 14.7 Å². The largest absolute Gasteiger partial charge is 0.244 e. The van der Waals surface area contributed by atoms with Crippen LogP contribution in [0.5, 0.6) is 0 Å². The monoisotopic (exact) mass is 277 g/mol. The number of nitrogens with one attached hydrogen (secondary N) is 1. The van der Waals surface area contributed by atoms with Crippen LogP contribution in [-0.4, -0.2) is 23.9 Å². The van der Waals surface area contributed by atoms with Crippen molar-refractivity contribution in [2.24, 2.45) is 0 Å². The van der Waals surface area contributed by atoms with Crippen LogP contribution in [0.25, 0.3) is 0 Å². The number of nitrogens with zero attached hydrogens (tertiary/aromatic N) is 2. The maximum absolute atomic E-state index is 12.0. The second-order valence-electron chi connectivity index (χ2n) is 4.43. The summed E-state index contributed by atoms with van der Waals surface area (Å²) in [5, 5.41) is 0.0248. The first-order chi connectivity index (χ1) is 7.77. The summed E-state index contributed by atoms with van der Waals surface area (Å²) in [6, 6.07) is 0. The molecule has 96 valence electrons. The molecule has 0 bridgehead atoms. The maximum Gasteiger partial charge on any atom is 0.244 e. The third-order valence-electron chi connectivity index (χ3n) is 2.19. The molecule has 0 saturated carbocycles. The van der Waals surface area contributed by atoms with Crippen molar-refractivity contribution in [2.45, 2.75) is 44.0 Å². The molecule has 1 N–H and O–H groups in total. The fourth-order valence-electron chi connectivity index (χ4n) is 1.54. The lowest BCUT2D eigenvalue weighted by Crippen LogP contribution is -2.43. The quantitative estimate of drug-likeness (QED) is 0.836. The average molecular weight is 278 g/mol. The van der Waals surface area contributed by atoms with Gasteiger partial charge in [-0.2, -0.15) is 0 Å². The van der Waals surface area contributed by atoms with Gasteiger partial charge in [0.15, 0.2) is 0 Å². The van der Waals surface area contributed by atoms with Gasteiger partial charge >= 0.3 is 0 Å². The molecule has 1 heterocycles. The highest BCUT2D eigenvalue weighted by atomic mass is 35.5. The minimum atomic E-state index is -3.59. The van der Waals surface area contributed by atoms with Crippen LogP contribution in [0, 0.1) is 0 Å². The van der Waals surface area contributed by atoms with Gasteiger partial charge in [-0.05, 0) is 31.9 Å². The van der Waals surface area contributed by atoms with Crippen LogP contribution in [-0.2, 0) is 10.0 Å². The zero-order valence-corrected chi connectivity index (χ0v) is 11.6. The van der Waals surface area contributed by atoms with E-state index >= 15 is 0 Å². The van der Waals surface area contributed by atoms with Crippen LogP contribution in [0.3, 0.4) is 0 Å². The van der Waals surface area contributed by atoms with E-state index in [1.807, 2.05) is 20.8 Å². The molecule has 7 heteroatoms. The second kappa shape index (κ2) is 5.29. The Bertz CT molecular complexity index is 471. The number of rotatable bonds is 5. The molecule has 0 atom stereocenters. The highest BCUT2D eigenvalue weighted by Gasteiger charge is 2.25. The van der Waals surface area contributed by atoms with E-state index in [4.69, 9.17) is 11.6 Å². The smallest absolute Gasteiger partial charge is 0.225 e. The van der Waals surface area contributed by atoms with Gasteiger partial charge in [0.25, 0.3) is 0 Å². The van der Waals surface area contributed by atoms with Crippen molar-refractivity contribution >= 4 is 21.6 Å². The third kappa shape index (κ3) is 4.22. The zero-order valence-electron chi connectivity index (χ0n) is 10.1. The molecular formula is C10H16ClN3O2S. The topological polar surface area (TPSA) is 72.0 Å². The van der Waals surface area contributed by atoms with Gasteiger partial charge in [0.1, 0.15) is 4.90 Å². The Kier molecular flexibility index (Phi) is 4.46. The summed E-state index contributed by atoms with van der Waals surface area (Å²) < 4.78 is 26.6. The number of hydrogen-bond donors (Lipinski definition) is 1. The van der Waals surface area contributed by atoms with Crippen LogP contribution in [0.15, 0.2) is 17.3 Å². The molecule has 17 heavy (non-hydrogen) atoms. The maximum atomic E-state index is 12.0. The lowest BCUT2D eigenvalue weighted by molar-refractivity contribution is 0.417. The minimum Gasteiger partial charge on any atom is -0.225 e. The van der Waals surface area contributed by atoms with Crippen LogP contribution >= 0.6 is 11.6 Å². The molecule has 5 nitrogen and oxygen atoms in total. The average Bonchev–Trinajstić information content (AvgIpc) is 2.16. The molecule has 1 aromatic rings. The van der Waals surface area contributed by atoms with Crippen molar-refractivity contribution < 1.29 is 8.42 Å². The predicted octanol–water partition coefficient (Wildman–Crippen LogP) is 1.99. The van der Waals surface area contributed by atoms with Gasteiger partial charge in [-0.3, -0.25) is 0 Å².